The summed E-state index contributed by atoms with van der Waals surface area (Å²) in [6.07, 6.45) is 3.40. The maximum Gasteiger partial charge on any atom is 0.309 e. The predicted octanol–water partition coefficient (Wildman–Crippen LogP) is 2.23. The molecule has 0 unspecified atom stereocenters. The molecule has 5 nitrogen and oxygen atoms in total. The van der Waals surface area contributed by atoms with Crippen molar-refractivity contribution in [1.82, 2.24) is 0 Å². The Morgan fingerprint density at radius 2 is 2.00 bits per heavy atom. The second-order valence-electron chi connectivity index (χ2n) is 5.04. The number of fused-ring (bicyclic) bond motifs is 1. The molecule has 0 atom stereocenters. The average Bonchev–Trinajstić information content (AvgIpc) is 2.85. The highest BCUT2D eigenvalue weighted by molar-refractivity contribution is 7.87. The van der Waals surface area contributed by atoms with Gasteiger partial charge in [-0.15, -0.1) is 0 Å². The van der Waals surface area contributed by atoms with Gasteiger partial charge in [-0.25, -0.2) is 0 Å². The van der Waals surface area contributed by atoms with Crippen molar-refractivity contribution in [2.45, 2.75) is 39.0 Å². The Bertz CT molecular complexity index is 606. The molecule has 1 aliphatic carbocycles. The summed E-state index contributed by atoms with van der Waals surface area (Å²) >= 11 is 0. The van der Waals surface area contributed by atoms with E-state index in [0.717, 1.165) is 24.8 Å². The average molecular weight is 312 g/mol. The second kappa shape index (κ2) is 6.93. The molecular weight excluding hydrogens is 292 g/mol. The van der Waals surface area contributed by atoms with Gasteiger partial charge in [-0.05, 0) is 55.9 Å². The summed E-state index contributed by atoms with van der Waals surface area (Å²) in [6.45, 7) is 2.02. The second-order valence-corrected chi connectivity index (χ2v) is 6.73. The van der Waals surface area contributed by atoms with Crippen molar-refractivity contribution in [1.29, 1.82) is 0 Å². The molecule has 0 fully saturated rings. The molecule has 0 saturated carbocycles. The van der Waals surface area contributed by atoms with Crippen LogP contribution in [-0.2, 0) is 32.5 Å². The first-order valence-electron chi connectivity index (χ1n) is 7.20. The van der Waals surface area contributed by atoms with Crippen molar-refractivity contribution in [2.24, 2.45) is 0 Å². The molecule has 0 amide bonds. The van der Waals surface area contributed by atoms with E-state index in [1.807, 2.05) is 6.07 Å². The van der Waals surface area contributed by atoms with Crippen molar-refractivity contribution >= 4 is 16.1 Å². The molecule has 1 aliphatic rings. The fourth-order valence-corrected chi connectivity index (χ4v) is 3.39. The predicted molar refractivity (Wildman–Crippen MR) is 78.7 cm³/mol. The van der Waals surface area contributed by atoms with Gasteiger partial charge < -0.3 is 8.92 Å². The monoisotopic (exact) mass is 312 g/mol. The molecule has 0 aromatic heterocycles. The van der Waals surface area contributed by atoms with E-state index in [1.54, 1.807) is 19.1 Å². The molecule has 0 saturated heterocycles. The van der Waals surface area contributed by atoms with E-state index in [9.17, 15) is 13.2 Å². The fourth-order valence-electron chi connectivity index (χ4n) is 2.41. The number of carbonyl (C=O) groups is 1. The third-order valence-electron chi connectivity index (χ3n) is 3.37. The van der Waals surface area contributed by atoms with Gasteiger partial charge in [-0.2, -0.15) is 8.42 Å². The Hall–Kier alpha value is -1.56. The van der Waals surface area contributed by atoms with E-state index in [1.165, 1.54) is 5.56 Å². The van der Waals surface area contributed by atoms with Gasteiger partial charge in [0, 0.05) is 6.42 Å². The Kier molecular flexibility index (Phi) is 5.22. The van der Waals surface area contributed by atoms with Crippen molar-refractivity contribution in [2.75, 3.05) is 12.4 Å². The van der Waals surface area contributed by atoms with Crippen LogP contribution in [0.4, 0.5) is 0 Å². The SMILES string of the molecule is CCOC(=O)CCCS(=O)(=O)Oc1ccc2c(c1)CCC2. The van der Waals surface area contributed by atoms with Gasteiger partial charge in [0.05, 0.1) is 12.4 Å². The van der Waals surface area contributed by atoms with Crippen LogP contribution in [0.3, 0.4) is 0 Å². The zero-order chi connectivity index (χ0) is 15.3. The highest BCUT2D eigenvalue weighted by Crippen LogP contribution is 2.26. The lowest BCUT2D eigenvalue weighted by Crippen LogP contribution is -2.15. The molecule has 0 heterocycles. The van der Waals surface area contributed by atoms with E-state index in [0.29, 0.717) is 12.4 Å². The molecule has 0 aliphatic heterocycles. The van der Waals surface area contributed by atoms with Crippen LogP contribution in [0.5, 0.6) is 5.75 Å². The summed E-state index contributed by atoms with van der Waals surface area (Å²) in [5, 5.41) is 0. The van der Waals surface area contributed by atoms with Crippen LogP contribution >= 0.6 is 0 Å². The van der Waals surface area contributed by atoms with E-state index in [-0.39, 0.29) is 24.6 Å². The molecule has 0 bridgehead atoms. The Labute approximate surface area is 125 Å². The first kappa shape index (κ1) is 15.8. The van der Waals surface area contributed by atoms with Crippen molar-refractivity contribution in [3.8, 4) is 5.75 Å². The van der Waals surface area contributed by atoms with E-state index < -0.39 is 10.1 Å². The standard InChI is InChI=1S/C15H20O5S/c1-2-19-15(16)7-4-10-21(17,18)20-14-9-8-12-5-3-6-13(12)11-14/h8-9,11H,2-7,10H2,1H3. The summed E-state index contributed by atoms with van der Waals surface area (Å²) in [6, 6.07) is 5.41. The molecule has 1 aromatic carbocycles. The van der Waals surface area contributed by atoms with E-state index in [4.69, 9.17) is 8.92 Å². The molecule has 0 radical (unpaired) electrons. The van der Waals surface area contributed by atoms with Crippen molar-refractivity contribution < 1.29 is 22.1 Å². The first-order valence-corrected chi connectivity index (χ1v) is 8.77. The van der Waals surface area contributed by atoms with Crippen LogP contribution in [0.15, 0.2) is 18.2 Å². The quantitative estimate of drug-likeness (QED) is 0.570. The first-order chi connectivity index (χ1) is 10.00. The molecule has 0 spiro atoms. The van der Waals surface area contributed by atoms with Crippen LogP contribution in [0.25, 0.3) is 0 Å². The summed E-state index contributed by atoms with van der Waals surface area (Å²) in [7, 11) is -3.67. The van der Waals surface area contributed by atoms with Crippen molar-refractivity contribution in [3.63, 3.8) is 0 Å². The molecule has 0 N–H and O–H groups in total. The van der Waals surface area contributed by atoms with Gasteiger partial charge in [0.15, 0.2) is 0 Å². The van der Waals surface area contributed by atoms with Gasteiger partial charge in [-0.1, -0.05) is 6.07 Å². The van der Waals surface area contributed by atoms with Crippen molar-refractivity contribution in [3.05, 3.63) is 29.3 Å². The molecule has 116 valence electrons. The van der Waals surface area contributed by atoms with E-state index in [2.05, 4.69) is 0 Å². The largest absolute Gasteiger partial charge is 0.466 e. The molecular formula is C15H20O5S. The van der Waals surface area contributed by atoms with Gasteiger partial charge in [0.2, 0.25) is 0 Å². The zero-order valence-corrected chi connectivity index (χ0v) is 12.9. The van der Waals surface area contributed by atoms with Gasteiger partial charge in [0.1, 0.15) is 5.75 Å². The minimum Gasteiger partial charge on any atom is -0.466 e. The maximum atomic E-state index is 11.9. The smallest absolute Gasteiger partial charge is 0.309 e. The maximum absolute atomic E-state index is 11.9. The third-order valence-corrected chi connectivity index (χ3v) is 4.61. The van der Waals surface area contributed by atoms with Crippen LogP contribution in [0, 0.1) is 0 Å². The number of hydrogen-bond donors (Lipinski definition) is 0. The summed E-state index contributed by atoms with van der Waals surface area (Å²) in [5.41, 5.74) is 2.43. The number of benzene rings is 1. The molecule has 1 aromatic rings. The topological polar surface area (TPSA) is 69.7 Å². The number of ether oxygens (including phenoxy) is 1. The number of esters is 1. The van der Waals surface area contributed by atoms with Crippen LogP contribution in [-0.4, -0.2) is 26.7 Å². The van der Waals surface area contributed by atoms with Gasteiger partial charge in [0.25, 0.3) is 0 Å². The lowest BCUT2D eigenvalue weighted by Gasteiger charge is -2.08. The van der Waals surface area contributed by atoms with E-state index >= 15 is 0 Å². The normalized spacial score (nSPS) is 13.8. The molecule has 21 heavy (non-hydrogen) atoms. The Morgan fingerprint density at radius 1 is 1.24 bits per heavy atom. The van der Waals surface area contributed by atoms with Gasteiger partial charge in [-0.3, -0.25) is 4.79 Å². The highest BCUT2D eigenvalue weighted by Gasteiger charge is 2.17. The minimum atomic E-state index is -3.67. The van der Waals surface area contributed by atoms with Gasteiger partial charge >= 0.3 is 16.1 Å². The number of rotatable bonds is 7. The number of carbonyl (C=O) groups excluding carboxylic acids is 1. The fraction of sp³-hybridized carbons (Fsp3) is 0.533. The molecule has 2 rings (SSSR count). The number of hydrogen-bond acceptors (Lipinski definition) is 5. The zero-order valence-electron chi connectivity index (χ0n) is 12.1. The lowest BCUT2D eigenvalue weighted by atomic mass is 10.1. The van der Waals surface area contributed by atoms with Crippen LogP contribution in [0.1, 0.15) is 37.3 Å². The third kappa shape index (κ3) is 4.74. The minimum absolute atomic E-state index is 0.0839. The summed E-state index contributed by atoms with van der Waals surface area (Å²) in [4.78, 5) is 11.2. The lowest BCUT2D eigenvalue weighted by molar-refractivity contribution is -0.143. The highest BCUT2D eigenvalue weighted by atomic mass is 32.2. The summed E-state index contributed by atoms with van der Waals surface area (Å²) in [5.74, 6) is -0.222. The van der Waals surface area contributed by atoms with Crippen LogP contribution in [0.2, 0.25) is 0 Å². The Balaban J connectivity index is 1.87. The summed E-state index contributed by atoms with van der Waals surface area (Å²) < 4.78 is 33.6. The Morgan fingerprint density at radius 3 is 2.76 bits per heavy atom. The van der Waals surface area contributed by atoms with Crippen LogP contribution < -0.4 is 4.18 Å². The number of aryl methyl sites for hydroxylation is 2. The molecule has 6 heteroatoms.